The summed E-state index contributed by atoms with van der Waals surface area (Å²) in [6, 6.07) is 17.5. The van der Waals surface area contributed by atoms with Crippen LogP contribution in [0.3, 0.4) is 0 Å². The maximum atomic E-state index is 12.4. The molecule has 6 nitrogen and oxygen atoms in total. The van der Waals surface area contributed by atoms with E-state index in [1.807, 2.05) is 72.5 Å². The van der Waals surface area contributed by atoms with Crippen LogP contribution in [0, 0.1) is 0 Å². The van der Waals surface area contributed by atoms with Crippen LogP contribution in [0.4, 0.5) is 0 Å². The maximum absolute atomic E-state index is 12.4. The second-order valence-corrected chi connectivity index (χ2v) is 7.20. The summed E-state index contributed by atoms with van der Waals surface area (Å²) in [5, 5.41) is 2.95. The SMILES string of the molecule is CCOc1ccc(/C=C/C(=O)N2CCN(CC(=O)NCc3ccccc3)CC2)cc1. The van der Waals surface area contributed by atoms with Crippen LogP contribution in [0.25, 0.3) is 6.08 Å². The van der Waals surface area contributed by atoms with Crippen molar-refractivity contribution in [3.05, 3.63) is 71.8 Å². The van der Waals surface area contributed by atoms with Gasteiger partial charge in [-0.3, -0.25) is 14.5 Å². The van der Waals surface area contributed by atoms with E-state index >= 15 is 0 Å². The van der Waals surface area contributed by atoms with E-state index in [-0.39, 0.29) is 11.8 Å². The average Bonchev–Trinajstić information content (AvgIpc) is 2.78. The van der Waals surface area contributed by atoms with Crippen molar-refractivity contribution in [2.24, 2.45) is 0 Å². The van der Waals surface area contributed by atoms with Crippen LogP contribution in [0.1, 0.15) is 18.1 Å². The topological polar surface area (TPSA) is 61.9 Å². The predicted octanol–water partition coefficient (Wildman–Crippen LogP) is 2.56. The molecule has 1 saturated heterocycles. The number of amides is 2. The van der Waals surface area contributed by atoms with E-state index < -0.39 is 0 Å². The van der Waals surface area contributed by atoms with Gasteiger partial charge in [-0.05, 0) is 36.3 Å². The molecule has 2 amide bonds. The minimum Gasteiger partial charge on any atom is -0.494 e. The summed E-state index contributed by atoms with van der Waals surface area (Å²) in [4.78, 5) is 28.5. The number of hydrogen-bond acceptors (Lipinski definition) is 4. The number of nitrogens with one attached hydrogen (secondary N) is 1. The highest BCUT2D eigenvalue weighted by molar-refractivity contribution is 5.91. The van der Waals surface area contributed by atoms with Gasteiger partial charge in [0.05, 0.1) is 13.2 Å². The zero-order valence-electron chi connectivity index (χ0n) is 17.4. The first-order valence-electron chi connectivity index (χ1n) is 10.4. The van der Waals surface area contributed by atoms with E-state index in [9.17, 15) is 9.59 Å². The maximum Gasteiger partial charge on any atom is 0.246 e. The van der Waals surface area contributed by atoms with Gasteiger partial charge in [-0.15, -0.1) is 0 Å². The second kappa shape index (κ2) is 11.2. The fraction of sp³-hybridized carbons (Fsp3) is 0.333. The number of piperazine rings is 1. The van der Waals surface area contributed by atoms with Gasteiger partial charge in [-0.2, -0.15) is 0 Å². The standard InChI is InChI=1S/C24H29N3O3/c1-2-30-22-11-8-20(9-12-22)10-13-24(29)27-16-14-26(15-17-27)19-23(28)25-18-21-6-4-3-5-7-21/h3-13H,2,14-19H2,1H3,(H,25,28)/b13-10+. The molecule has 2 aromatic rings. The number of benzene rings is 2. The van der Waals surface area contributed by atoms with Crippen molar-refractivity contribution in [2.45, 2.75) is 13.5 Å². The third-order valence-electron chi connectivity index (χ3n) is 4.99. The molecule has 1 heterocycles. The average molecular weight is 408 g/mol. The van der Waals surface area contributed by atoms with Crippen molar-refractivity contribution < 1.29 is 14.3 Å². The highest BCUT2D eigenvalue weighted by Crippen LogP contribution is 2.13. The lowest BCUT2D eigenvalue weighted by molar-refractivity contribution is -0.128. The molecule has 1 fully saturated rings. The fourth-order valence-electron chi connectivity index (χ4n) is 3.30. The van der Waals surface area contributed by atoms with Gasteiger partial charge in [0.1, 0.15) is 5.75 Å². The summed E-state index contributed by atoms with van der Waals surface area (Å²) < 4.78 is 5.42. The molecule has 6 heteroatoms. The molecule has 1 aliphatic heterocycles. The number of nitrogens with zero attached hydrogens (tertiary/aromatic N) is 2. The molecule has 0 saturated carbocycles. The van der Waals surface area contributed by atoms with Gasteiger partial charge in [0.25, 0.3) is 0 Å². The van der Waals surface area contributed by atoms with Crippen LogP contribution < -0.4 is 10.1 Å². The lowest BCUT2D eigenvalue weighted by Gasteiger charge is -2.33. The lowest BCUT2D eigenvalue weighted by atomic mass is 10.2. The molecule has 0 radical (unpaired) electrons. The molecule has 30 heavy (non-hydrogen) atoms. The monoisotopic (exact) mass is 407 g/mol. The van der Waals surface area contributed by atoms with Crippen molar-refractivity contribution in [3.8, 4) is 5.75 Å². The first kappa shape index (κ1) is 21.6. The van der Waals surface area contributed by atoms with Crippen LogP contribution in [-0.4, -0.2) is 60.9 Å². The van der Waals surface area contributed by atoms with E-state index in [2.05, 4.69) is 10.2 Å². The molecule has 0 atom stereocenters. The van der Waals surface area contributed by atoms with Crippen molar-refractivity contribution in [1.29, 1.82) is 0 Å². The molecule has 158 valence electrons. The molecule has 2 aromatic carbocycles. The van der Waals surface area contributed by atoms with Gasteiger partial charge in [-0.25, -0.2) is 0 Å². The van der Waals surface area contributed by atoms with E-state index in [1.54, 1.807) is 6.08 Å². The van der Waals surface area contributed by atoms with Crippen molar-refractivity contribution >= 4 is 17.9 Å². The summed E-state index contributed by atoms with van der Waals surface area (Å²) in [6.07, 6.45) is 3.43. The van der Waals surface area contributed by atoms with Crippen LogP contribution >= 0.6 is 0 Å². The molecule has 0 bridgehead atoms. The first-order chi connectivity index (χ1) is 14.6. The van der Waals surface area contributed by atoms with Crippen molar-refractivity contribution in [3.63, 3.8) is 0 Å². The minimum absolute atomic E-state index is 0.00272. The van der Waals surface area contributed by atoms with E-state index in [1.165, 1.54) is 0 Å². The van der Waals surface area contributed by atoms with Crippen molar-refractivity contribution in [1.82, 2.24) is 15.1 Å². The number of carbonyl (C=O) groups excluding carboxylic acids is 2. The summed E-state index contributed by atoms with van der Waals surface area (Å²) >= 11 is 0. The number of ether oxygens (including phenoxy) is 1. The van der Waals surface area contributed by atoms with Gasteiger partial charge < -0.3 is 15.0 Å². The molecule has 3 rings (SSSR count). The van der Waals surface area contributed by atoms with E-state index in [0.717, 1.165) is 16.9 Å². The quantitative estimate of drug-likeness (QED) is 0.684. The molecule has 0 unspecified atom stereocenters. The van der Waals surface area contributed by atoms with Gasteiger partial charge in [-0.1, -0.05) is 42.5 Å². The van der Waals surface area contributed by atoms with E-state index in [0.29, 0.717) is 45.9 Å². The Bertz CT molecular complexity index is 842. The molecular formula is C24H29N3O3. The van der Waals surface area contributed by atoms with Crippen LogP contribution in [0.15, 0.2) is 60.7 Å². The van der Waals surface area contributed by atoms with Gasteiger partial charge in [0.15, 0.2) is 0 Å². The summed E-state index contributed by atoms with van der Waals surface area (Å²) in [6.45, 7) is 6.11. The lowest BCUT2D eigenvalue weighted by Crippen LogP contribution is -2.50. The molecule has 0 aliphatic carbocycles. The third kappa shape index (κ3) is 6.74. The number of rotatable bonds is 8. The van der Waals surface area contributed by atoms with Crippen LogP contribution in [0.2, 0.25) is 0 Å². The third-order valence-corrected chi connectivity index (χ3v) is 4.99. The normalized spacial score (nSPS) is 14.6. The van der Waals surface area contributed by atoms with Gasteiger partial charge in [0.2, 0.25) is 11.8 Å². The van der Waals surface area contributed by atoms with Gasteiger partial charge >= 0.3 is 0 Å². The van der Waals surface area contributed by atoms with Gasteiger partial charge in [0, 0.05) is 38.8 Å². The smallest absolute Gasteiger partial charge is 0.246 e. The Balaban J connectivity index is 1.38. The van der Waals surface area contributed by atoms with Crippen molar-refractivity contribution in [2.75, 3.05) is 39.3 Å². The molecule has 1 aliphatic rings. The first-order valence-corrected chi connectivity index (χ1v) is 10.4. The number of carbonyl (C=O) groups is 2. The Labute approximate surface area is 178 Å². The summed E-state index contributed by atoms with van der Waals surface area (Å²) in [7, 11) is 0. The Morgan fingerprint density at radius 2 is 1.70 bits per heavy atom. The molecule has 0 spiro atoms. The Hall–Kier alpha value is -3.12. The molecular weight excluding hydrogens is 378 g/mol. The minimum atomic E-state index is -0.00272. The zero-order valence-corrected chi connectivity index (χ0v) is 17.4. The Kier molecular flexibility index (Phi) is 8.03. The Morgan fingerprint density at radius 3 is 2.37 bits per heavy atom. The summed E-state index contributed by atoms with van der Waals surface area (Å²) in [5.74, 6) is 0.830. The zero-order chi connectivity index (χ0) is 21.2. The highest BCUT2D eigenvalue weighted by Gasteiger charge is 2.21. The highest BCUT2D eigenvalue weighted by atomic mass is 16.5. The predicted molar refractivity (Wildman–Crippen MR) is 118 cm³/mol. The van der Waals surface area contributed by atoms with Crippen LogP contribution in [-0.2, 0) is 16.1 Å². The van der Waals surface area contributed by atoms with E-state index in [4.69, 9.17) is 4.74 Å². The number of hydrogen-bond donors (Lipinski definition) is 1. The second-order valence-electron chi connectivity index (χ2n) is 7.20. The summed E-state index contributed by atoms with van der Waals surface area (Å²) in [5.41, 5.74) is 2.04. The Morgan fingerprint density at radius 1 is 1.00 bits per heavy atom. The fourth-order valence-corrected chi connectivity index (χ4v) is 3.30. The van der Waals surface area contributed by atoms with Crippen LogP contribution in [0.5, 0.6) is 5.75 Å². The largest absolute Gasteiger partial charge is 0.494 e. The molecule has 1 N–H and O–H groups in total. The molecule has 0 aromatic heterocycles.